The van der Waals surface area contributed by atoms with E-state index in [2.05, 4.69) is 21.2 Å². The molecule has 0 aromatic heterocycles. The van der Waals surface area contributed by atoms with Crippen molar-refractivity contribution in [2.24, 2.45) is 0 Å². The number of urea groups is 1. The van der Waals surface area contributed by atoms with Crippen LogP contribution in [0.3, 0.4) is 0 Å². The summed E-state index contributed by atoms with van der Waals surface area (Å²) in [4.78, 5) is 13.6. The Labute approximate surface area is 131 Å². The molecule has 2 aromatic rings. The lowest BCUT2D eigenvalue weighted by molar-refractivity contribution is 0.220. The smallest absolute Gasteiger partial charge is 0.321 e. The first-order chi connectivity index (χ1) is 9.97. The van der Waals surface area contributed by atoms with Crippen molar-refractivity contribution in [2.45, 2.75) is 13.5 Å². The summed E-state index contributed by atoms with van der Waals surface area (Å²) >= 11 is 3.44. The first-order valence-corrected chi connectivity index (χ1v) is 7.28. The molecule has 3 nitrogen and oxygen atoms in total. The standard InChI is InChI=1S/C16H16BrFN2O/c1-11-7-8-15(14(18)9-11)19-16(21)20(2)10-12-5-3-4-6-13(12)17/h3-9H,10H2,1-2H3,(H,19,21). The van der Waals surface area contributed by atoms with Gasteiger partial charge in [0.2, 0.25) is 0 Å². The van der Waals surface area contributed by atoms with Crippen molar-refractivity contribution in [1.29, 1.82) is 0 Å². The van der Waals surface area contributed by atoms with E-state index in [4.69, 9.17) is 0 Å². The van der Waals surface area contributed by atoms with Gasteiger partial charge in [0.15, 0.2) is 0 Å². The van der Waals surface area contributed by atoms with E-state index in [0.29, 0.717) is 6.54 Å². The highest BCUT2D eigenvalue weighted by Gasteiger charge is 2.12. The molecule has 21 heavy (non-hydrogen) atoms. The third-order valence-corrected chi connectivity index (χ3v) is 3.85. The van der Waals surface area contributed by atoms with Gasteiger partial charge < -0.3 is 10.2 Å². The number of rotatable bonds is 3. The zero-order valence-corrected chi connectivity index (χ0v) is 13.4. The van der Waals surface area contributed by atoms with Crippen LogP contribution >= 0.6 is 15.9 Å². The van der Waals surface area contributed by atoms with Crippen LogP contribution < -0.4 is 5.32 Å². The summed E-state index contributed by atoms with van der Waals surface area (Å²) in [6.07, 6.45) is 0. The lowest BCUT2D eigenvalue weighted by Gasteiger charge is -2.19. The molecule has 0 aliphatic rings. The second-order valence-electron chi connectivity index (χ2n) is 4.86. The van der Waals surface area contributed by atoms with Crippen molar-refractivity contribution in [3.8, 4) is 0 Å². The summed E-state index contributed by atoms with van der Waals surface area (Å²) in [6, 6.07) is 12.0. The van der Waals surface area contributed by atoms with E-state index in [1.807, 2.05) is 24.3 Å². The fraction of sp³-hybridized carbons (Fsp3) is 0.188. The number of carbonyl (C=O) groups is 1. The quantitative estimate of drug-likeness (QED) is 0.864. The minimum absolute atomic E-state index is 0.185. The molecule has 0 bridgehead atoms. The zero-order valence-electron chi connectivity index (χ0n) is 11.9. The number of halogens is 2. The van der Waals surface area contributed by atoms with E-state index in [0.717, 1.165) is 15.6 Å². The van der Waals surface area contributed by atoms with E-state index >= 15 is 0 Å². The van der Waals surface area contributed by atoms with Crippen molar-refractivity contribution in [3.63, 3.8) is 0 Å². The van der Waals surface area contributed by atoms with Crippen LogP contribution in [-0.2, 0) is 6.54 Å². The largest absolute Gasteiger partial charge is 0.323 e. The molecule has 2 amide bonds. The molecule has 2 rings (SSSR count). The third-order valence-electron chi connectivity index (χ3n) is 3.08. The number of benzene rings is 2. The van der Waals surface area contributed by atoms with Crippen molar-refractivity contribution in [1.82, 2.24) is 4.90 Å². The van der Waals surface area contributed by atoms with Gasteiger partial charge in [-0.15, -0.1) is 0 Å². The number of carbonyl (C=O) groups excluding carboxylic acids is 1. The molecule has 0 radical (unpaired) electrons. The van der Waals surface area contributed by atoms with Gasteiger partial charge in [0, 0.05) is 18.1 Å². The van der Waals surface area contributed by atoms with E-state index < -0.39 is 5.82 Å². The van der Waals surface area contributed by atoms with Crippen molar-refractivity contribution in [2.75, 3.05) is 12.4 Å². The van der Waals surface area contributed by atoms with Crippen molar-refractivity contribution < 1.29 is 9.18 Å². The molecular weight excluding hydrogens is 335 g/mol. The molecule has 2 aromatic carbocycles. The van der Waals surface area contributed by atoms with Gasteiger partial charge >= 0.3 is 6.03 Å². The van der Waals surface area contributed by atoms with Crippen molar-refractivity contribution >= 4 is 27.6 Å². The fourth-order valence-electron chi connectivity index (χ4n) is 1.89. The summed E-state index contributed by atoms with van der Waals surface area (Å²) in [5, 5.41) is 2.57. The molecule has 0 heterocycles. The van der Waals surface area contributed by atoms with Crippen molar-refractivity contribution in [3.05, 3.63) is 63.9 Å². The number of nitrogens with zero attached hydrogens (tertiary/aromatic N) is 1. The Kier molecular flexibility index (Phi) is 4.96. The maximum atomic E-state index is 13.7. The second kappa shape index (κ2) is 6.72. The zero-order chi connectivity index (χ0) is 15.4. The summed E-state index contributed by atoms with van der Waals surface area (Å²) in [5.41, 5.74) is 1.98. The van der Waals surface area contributed by atoms with Gasteiger partial charge in [-0.1, -0.05) is 40.2 Å². The Morgan fingerprint density at radius 1 is 1.29 bits per heavy atom. The maximum Gasteiger partial charge on any atom is 0.321 e. The highest BCUT2D eigenvalue weighted by atomic mass is 79.9. The van der Waals surface area contributed by atoms with Gasteiger partial charge in [0.1, 0.15) is 5.82 Å². The molecule has 110 valence electrons. The number of hydrogen-bond donors (Lipinski definition) is 1. The van der Waals surface area contributed by atoms with Crippen LogP contribution in [0, 0.1) is 12.7 Å². The minimum atomic E-state index is -0.433. The average Bonchev–Trinajstić information content (AvgIpc) is 2.44. The van der Waals surface area contributed by atoms with E-state index in [1.165, 1.54) is 11.0 Å². The van der Waals surface area contributed by atoms with Gasteiger partial charge in [0.05, 0.1) is 5.69 Å². The summed E-state index contributed by atoms with van der Waals surface area (Å²) < 4.78 is 14.7. The molecule has 0 atom stereocenters. The number of hydrogen-bond acceptors (Lipinski definition) is 1. The Morgan fingerprint density at radius 2 is 2.00 bits per heavy atom. The molecule has 0 aliphatic heterocycles. The molecule has 0 fully saturated rings. The second-order valence-corrected chi connectivity index (χ2v) is 5.72. The van der Waals surface area contributed by atoms with Crippen LogP contribution in [0.15, 0.2) is 46.9 Å². The Hall–Kier alpha value is -1.88. The van der Waals surface area contributed by atoms with Crippen LogP contribution in [0.2, 0.25) is 0 Å². The van der Waals surface area contributed by atoms with Crippen LogP contribution in [0.4, 0.5) is 14.9 Å². The first-order valence-electron chi connectivity index (χ1n) is 6.49. The highest BCUT2D eigenvalue weighted by molar-refractivity contribution is 9.10. The van der Waals surface area contributed by atoms with E-state index in [9.17, 15) is 9.18 Å². The Balaban J connectivity index is 2.04. The van der Waals surface area contributed by atoms with Crippen LogP contribution in [-0.4, -0.2) is 18.0 Å². The topological polar surface area (TPSA) is 32.3 Å². The maximum absolute atomic E-state index is 13.7. The summed E-state index contributed by atoms with van der Waals surface area (Å²) in [5.74, 6) is -0.433. The molecule has 0 saturated heterocycles. The number of amides is 2. The fourth-order valence-corrected chi connectivity index (χ4v) is 2.30. The predicted octanol–water partition coefficient (Wildman–Crippen LogP) is 4.56. The first kappa shape index (κ1) is 15.5. The minimum Gasteiger partial charge on any atom is -0.323 e. The van der Waals surface area contributed by atoms with Gasteiger partial charge in [-0.25, -0.2) is 9.18 Å². The number of aryl methyl sites for hydroxylation is 1. The SMILES string of the molecule is Cc1ccc(NC(=O)N(C)Cc2ccccc2Br)c(F)c1. The lowest BCUT2D eigenvalue weighted by atomic mass is 10.2. The lowest BCUT2D eigenvalue weighted by Crippen LogP contribution is -2.31. The highest BCUT2D eigenvalue weighted by Crippen LogP contribution is 2.19. The summed E-state index contributed by atoms with van der Waals surface area (Å²) in [6.45, 7) is 2.23. The van der Waals surface area contributed by atoms with Gasteiger partial charge in [0.25, 0.3) is 0 Å². The molecule has 0 spiro atoms. The van der Waals surface area contributed by atoms with Crippen LogP contribution in [0.5, 0.6) is 0 Å². The van der Waals surface area contributed by atoms with Gasteiger partial charge in [-0.2, -0.15) is 0 Å². The third kappa shape index (κ3) is 4.04. The van der Waals surface area contributed by atoms with Crippen LogP contribution in [0.25, 0.3) is 0 Å². The molecule has 0 aliphatic carbocycles. The Morgan fingerprint density at radius 3 is 2.67 bits per heavy atom. The summed E-state index contributed by atoms with van der Waals surface area (Å²) in [7, 11) is 1.67. The van der Waals surface area contributed by atoms with E-state index in [-0.39, 0.29) is 11.7 Å². The molecular formula is C16H16BrFN2O. The predicted molar refractivity (Wildman–Crippen MR) is 85.8 cm³/mol. The van der Waals surface area contributed by atoms with Crippen LogP contribution in [0.1, 0.15) is 11.1 Å². The van der Waals surface area contributed by atoms with E-state index in [1.54, 1.807) is 26.1 Å². The molecule has 5 heteroatoms. The molecule has 0 saturated carbocycles. The molecule has 1 N–H and O–H groups in total. The number of nitrogens with one attached hydrogen (secondary N) is 1. The molecule has 0 unspecified atom stereocenters. The Bertz CT molecular complexity index is 660. The monoisotopic (exact) mass is 350 g/mol. The van der Waals surface area contributed by atoms with Gasteiger partial charge in [-0.3, -0.25) is 0 Å². The normalized spacial score (nSPS) is 10.3. The average molecular weight is 351 g/mol. The van der Waals surface area contributed by atoms with Gasteiger partial charge in [-0.05, 0) is 36.2 Å². The number of anilines is 1.